The second-order valence-corrected chi connectivity index (χ2v) is 5.16. The molecule has 1 aromatic heterocycles. The van der Waals surface area contributed by atoms with E-state index in [4.69, 9.17) is 5.26 Å². The Morgan fingerprint density at radius 3 is 2.64 bits per heavy atom. The summed E-state index contributed by atoms with van der Waals surface area (Å²) in [7, 11) is 4.12. The maximum atomic E-state index is 8.79. The summed E-state index contributed by atoms with van der Waals surface area (Å²) in [6, 6.07) is 11.1. The molecule has 0 aliphatic carbocycles. The lowest BCUT2D eigenvalue weighted by atomic mass is 10.2. The van der Waals surface area contributed by atoms with Crippen LogP contribution in [0.3, 0.4) is 0 Å². The first-order valence-electron chi connectivity index (χ1n) is 7.16. The molecule has 0 fully saturated rings. The molecule has 6 nitrogen and oxygen atoms in total. The summed E-state index contributed by atoms with van der Waals surface area (Å²) >= 11 is 0. The highest BCUT2D eigenvalue weighted by Gasteiger charge is 2.00. The molecule has 1 heterocycles. The van der Waals surface area contributed by atoms with Gasteiger partial charge in [0, 0.05) is 18.4 Å². The van der Waals surface area contributed by atoms with Crippen molar-refractivity contribution in [2.75, 3.05) is 37.8 Å². The van der Waals surface area contributed by atoms with Crippen LogP contribution < -0.4 is 10.6 Å². The summed E-state index contributed by atoms with van der Waals surface area (Å²) in [6.45, 7) is 1.90. The highest BCUT2D eigenvalue weighted by Crippen LogP contribution is 2.14. The first-order valence-corrected chi connectivity index (χ1v) is 7.16. The maximum absolute atomic E-state index is 8.79. The molecule has 0 amide bonds. The van der Waals surface area contributed by atoms with Gasteiger partial charge in [-0.25, -0.2) is 4.98 Å². The van der Waals surface area contributed by atoms with Gasteiger partial charge in [-0.1, -0.05) is 0 Å². The van der Waals surface area contributed by atoms with Crippen molar-refractivity contribution >= 4 is 17.5 Å². The van der Waals surface area contributed by atoms with Crippen LogP contribution in [0.25, 0.3) is 0 Å². The summed E-state index contributed by atoms with van der Waals surface area (Å²) in [5, 5.41) is 15.2. The van der Waals surface area contributed by atoms with Crippen LogP contribution in [0, 0.1) is 11.3 Å². The van der Waals surface area contributed by atoms with E-state index in [2.05, 4.69) is 45.7 Å². The second kappa shape index (κ2) is 7.96. The van der Waals surface area contributed by atoms with E-state index in [0.29, 0.717) is 11.5 Å². The summed E-state index contributed by atoms with van der Waals surface area (Å²) in [6.07, 6.45) is 2.77. The zero-order valence-corrected chi connectivity index (χ0v) is 12.9. The van der Waals surface area contributed by atoms with Gasteiger partial charge in [-0.05, 0) is 57.4 Å². The predicted octanol–water partition coefficient (Wildman–Crippen LogP) is 2.46. The van der Waals surface area contributed by atoms with Crippen molar-refractivity contribution in [3.8, 4) is 6.07 Å². The molecular weight excluding hydrogens is 276 g/mol. The number of nitrogens with one attached hydrogen (secondary N) is 2. The van der Waals surface area contributed by atoms with Crippen molar-refractivity contribution in [1.82, 2.24) is 14.9 Å². The van der Waals surface area contributed by atoms with Gasteiger partial charge in [0.1, 0.15) is 5.82 Å². The van der Waals surface area contributed by atoms with E-state index in [9.17, 15) is 0 Å². The van der Waals surface area contributed by atoms with Gasteiger partial charge in [-0.3, -0.25) is 0 Å². The van der Waals surface area contributed by atoms with Crippen LogP contribution >= 0.6 is 0 Å². The third-order valence-electron chi connectivity index (χ3n) is 3.01. The van der Waals surface area contributed by atoms with Crippen molar-refractivity contribution in [3.63, 3.8) is 0 Å². The van der Waals surface area contributed by atoms with Gasteiger partial charge in [0.25, 0.3) is 0 Å². The molecule has 0 bridgehead atoms. The van der Waals surface area contributed by atoms with E-state index in [1.807, 2.05) is 18.2 Å². The number of hydrogen-bond donors (Lipinski definition) is 2. The van der Waals surface area contributed by atoms with Crippen LogP contribution in [0.2, 0.25) is 0 Å². The number of nitrogens with zero attached hydrogens (tertiary/aromatic N) is 4. The van der Waals surface area contributed by atoms with E-state index in [-0.39, 0.29) is 0 Å². The third kappa shape index (κ3) is 5.04. The van der Waals surface area contributed by atoms with Crippen LogP contribution in [-0.2, 0) is 0 Å². The standard InChI is InChI=1S/C16H20N6/c1-22(2)11-3-9-18-15-8-10-19-16(21-15)20-14-6-4-13(12-17)5-7-14/h4-8,10H,3,9,11H2,1-2H3,(H2,18,19,20,21). The Labute approximate surface area is 130 Å². The predicted molar refractivity (Wildman–Crippen MR) is 88.1 cm³/mol. The summed E-state index contributed by atoms with van der Waals surface area (Å²) in [5.41, 5.74) is 1.48. The second-order valence-electron chi connectivity index (χ2n) is 5.16. The summed E-state index contributed by atoms with van der Waals surface area (Å²) in [4.78, 5) is 10.8. The molecule has 1 aromatic carbocycles. The lowest BCUT2D eigenvalue weighted by Gasteiger charge is -2.11. The first kappa shape index (κ1) is 15.7. The molecule has 0 unspecified atom stereocenters. The Morgan fingerprint density at radius 2 is 1.95 bits per heavy atom. The normalized spacial score (nSPS) is 10.3. The van der Waals surface area contributed by atoms with Crippen LogP contribution in [0.4, 0.5) is 17.5 Å². The Hall–Kier alpha value is -2.65. The topological polar surface area (TPSA) is 76.9 Å². The quantitative estimate of drug-likeness (QED) is 0.764. The lowest BCUT2D eigenvalue weighted by Crippen LogP contribution is -2.16. The average molecular weight is 296 g/mol. The van der Waals surface area contributed by atoms with Crippen LogP contribution in [0.5, 0.6) is 0 Å². The third-order valence-corrected chi connectivity index (χ3v) is 3.01. The molecule has 0 saturated carbocycles. The molecule has 0 aliphatic heterocycles. The van der Waals surface area contributed by atoms with Gasteiger partial charge in [-0.2, -0.15) is 10.2 Å². The minimum Gasteiger partial charge on any atom is -0.370 e. The van der Waals surface area contributed by atoms with Crippen molar-refractivity contribution in [2.24, 2.45) is 0 Å². The van der Waals surface area contributed by atoms with Gasteiger partial charge < -0.3 is 15.5 Å². The molecule has 0 radical (unpaired) electrons. The fraction of sp³-hybridized carbons (Fsp3) is 0.312. The van der Waals surface area contributed by atoms with Crippen LogP contribution in [0.15, 0.2) is 36.5 Å². The molecule has 2 N–H and O–H groups in total. The Morgan fingerprint density at radius 1 is 1.18 bits per heavy atom. The molecule has 22 heavy (non-hydrogen) atoms. The van der Waals surface area contributed by atoms with Gasteiger partial charge >= 0.3 is 0 Å². The van der Waals surface area contributed by atoms with E-state index >= 15 is 0 Å². The van der Waals surface area contributed by atoms with E-state index < -0.39 is 0 Å². The van der Waals surface area contributed by atoms with Gasteiger partial charge in [0.2, 0.25) is 5.95 Å². The molecule has 114 valence electrons. The minimum absolute atomic E-state index is 0.530. The van der Waals surface area contributed by atoms with Crippen molar-refractivity contribution in [1.29, 1.82) is 5.26 Å². The largest absolute Gasteiger partial charge is 0.370 e. The van der Waals surface area contributed by atoms with Gasteiger partial charge in [0.15, 0.2) is 0 Å². The van der Waals surface area contributed by atoms with Crippen molar-refractivity contribution in [3.05, 3.63) is 42.1 Å². The first-order chi connectivity index (χ1) is 10.7. The smallest absolute Gasteiger partial charge is 0.229 e. The molecule has 6 heteroatoms. The van der Waals surface area contributed by atoms with Gasteiger partial charge in [-0.15, -0.1) is 0 Å². The highest BCUT2D eigenvalue weighted by molar-refractivity contribution is 5.56. The maximum Gasteiger partial charge on any atom is 0.229 e. The van der Waals surface area contributed by atoms with Crippen LogP contribution in [-0.4, -0.2) is 42.1 Å². The fourth-order valence-electron chi connectivity index (χ4n) is 1.89. The number of hydrogen-bond acceptors (Lipinski definition) is 6. The molecule has 2 aromatic rings. The van der Waals surface area contributed by atoms with E-state index in [1.165, 1.54) is 0 Å². The molecule has 2 rings (SSSR count). The van der Waals surface area contributed by atoms with E-state index in [0.717, 1.165) is 31.0 Å². The zero-order valence-electron chi connectivity index (χ0n) is 12.9. The average Bonchev–Trinajstić information content (AvgIpc) is 2.52. The SMILES string of the molecule is CN(C)CCCNc1ccnc(Nc2ccc(C#N)cc2)n1. The summed E-state index contributed by atoms with van der Waals surface area (Å²) < 4.78 is 0. The highest BCUT2D eigenvalue weighted by atomic mass is 15.1. The Balaban J connectivity index is 1.91. The monoisotopic (exact) mass is 296 g/mol. The summed E-state index contributed by atoms with van der Waals surface area (Å²) in [5.74, 6) is 1.33. The molecule has 0 spiro atoms. The molecule has 0 aliphatic rings. The number of rotatable bonds is 7. The minimum atomic E-state index is 0.530. The molecular formula is C16H20N6. The van der Waals surface area contributed by atoms with E-state index in [1.54, 1.807) is 18.3 Å². The molecule has 0 saturated heterocycles. The number of anilines is 3. The Kier molecular flexibility index (Phi) is 5.69. The van der Waals surface area contributed by atoms with Gasteiger partial charge in [0.05, 0.1) is 11.6 Å². The number of aromatic nitrogens is 2. The zero-order chi connectivity index (χ0) is 15.8. The van der Waals surface area contributed by atoms with Crippen LogP contribution in [0.1, 0.15) is 12.0 Å². The molecule has 0 atom stereocenters. The number of nitriles is 1. The fourth-order valence-corrected chi connectivity index (χ4v) is 1.89. The lowest BCUT2D eigenvalue weighted by molar-refractivity contribution is 0.405. The number of benzene rings is 1. The Bertz CT molecular complexity index is 630. The van der Waals surface area contributed by atoms with Crippen molar-refractivity contribution < 1.29 is 0 Å². The van der Waals surface area contributed by atoms with Crippen molar-refractivity contribution in [2.45, 2.75) is 6.42 Å².